The largest absolute Gasteiger partial charge is 0.459 e. The number of likely N-dealkylation sites (tertiary alicyclic amines) is 1. The minimum absolute atomic E-state index is 0.169. The molecule has 3 fully saturated rings. The fourth-order valence-corrected chi connectivity index (χ4v) is 5.94. The van der Waals surface area contributed by atoms with Crippen LogP contribution >= 0.6 is 0 Å². The standard InChI is InChI=1S/C20H26N2O4.C14H19NO2/c23-17-11-5-8-14-22(17)19(25)21-20(12-6-2-7-13-20)18(24)26-15-16-9-3-1-4-10-16;15-14(9-5-2-6-10-14)13(16)17-11-12-7-3-1-4-8-12/h1,3-4,9-10H,2,5-8,11-15H2,(H,21,25);1,3-4,7-8H,2,5-6,9-11,15H2. The monoisotopic (exact) mass is 591 g/mol. The average Bonchev–Trinajstić information content (AvgIpc) is 3.04. The summed E-state index contributed by atoms with van der Waals surface area (Å²) in [5.41, 5.74) is 6.23. The van der Waals surface area contributed by atoms with Crippen LogP contribution < -0.4 is 11.1 Å². The molecule has 2 aliphatic carbocycles. The van der Waals surface area contributed by atoms with E-state index in [2.05, 4.69) is 5.32 Å². The number of imide groups is 1. The number of nitrogens with two attached hydrogens (primary N) is 1. The van der Waals surface area contributed by atoms with Gasteiger partial charge in [-0.3, -0.25) is 14.5 Å². The summed E-state index contributed by atoms with van der Waals surface area (Å²) < 4.78 is 10.8. The predicted octanol–water partition coefficient (Wildman–Crippen LogP) is 5.55. The second kappa shape index (κ2) is 15.7. The Morgan fingerprint density at radius 2 is 1.21 bits per heavy atom. The fraction of sp³-hybridized carbons (Fsp3) is 0.529. The zero-order valence-electron chi connectivity index (χ0n) is 25.1. The highest BCUT2D eigenvalue weighted by atomic mass is 16.5. The van der Waals surface area contributed by atoms with Crippen LogP contribution in [0.3, 0.4) is 0 Å². The first kappa shape index (κ1) is 32.2. The molecule has 1 aliphatic heterocycles. The van der Waals surface area contributed by atoms with Gasteiger partial charge in [-0.15, -0.1) is 0 Å². The van der Waals surface area contributed by atoms with Crippen LogP contribution in [0.25, 0.3) is 0 Å². The molecular weight excluding hydrogens is 546 g/mol. The molecule has 0 atom stereocenters. The Bertz CT molecular complexity index is 1210. The van der Waals surface area contributed by atoms with Crippen molar-refractivity contribution in [3.8, 4) is 0 Å². The van der Waals surface area contributed by atoms with Crippen LogP contribution in [0.5, 0.6) is 0 Å². The summed E-state index contributed by atoms with van der Waals surface area (Å²) in [5, 5.41) is 2.86. The van der Waals surface area contributed by atoms with Gasteiger partial charge in [0.2, 0.25) is 5.91 Å². The van der Waals surface area contributed by atoms with Crippen LogP contribution in [-0.4, -0.2) is 46.4 Å². The van der Waals surface area contributed by atoms with Crippen LogP contribution in [0.4, 0.5) is 4.79 Å². The summed E-state index contributed by atoms with van der Waals surface area (Å²) in [6.45, 7) is 0.915. The number of rotatable bonds is 7. The first-order chi connectivity index (χ1) is 20.8. The number of ether oxygens (including phenoxy) is 2. The van der Waals surface area contributed by atoms with Gasteiger partial charge in [0.25, 0.3) is 0 Å². The van der Waals surface area contributed by atoms with E-state index in [0.29, 0.717) is 32.4 Å². The maximum absolute atomic E-state index is 12.9. The van der Waals surface area contributed by atoms with Gasteiger partial charge in [0.15, 0.2) is 0 Å². The molecule has 0 unspecified atom stereocenters. The lowest BCUT2D eigenvalue weighted by Gasteiger charge is -2.37. The smallest absolute Gasteiger partial charge is 0.332 e. The maximum Gasteiger partial charge on any atom is 0.332 e. The van der Waals surface area contributed by atoms with Gasteiger partial charge in [0.1, 0.15) is 24.3 Å². The molecule has 3 aliphatic rings. The fourth-order valence-electron chi connectivity index (χ4n) is 5.94. The Balaban J connectivity index is 0.000000215. The average molecular weight is 592 g/mol. The molecule has 0 spiro atoms. The molecule has 0 aromatic heterocycles. The number of hydrogen-bond donors (Lipinski definition) is 2. The van der Waals surface area contributed by atoms with E-state index in [-0.39, 0.29) is 18.5 Å². The molecule has 9 heteroatoms. The molecule has 5 rings (SSSR count). The normalized spacial score (nSPS) is 19.3. The number of esters is 2. The third-order valence-corrected chi connectivity index (χ3v) is 8.59. The SMILES string of the molecule is NC1(C(=O)OCc2ccccc2)CCCCC1.O=C1CCCCN1C(=O)NC1(C(=O)OCc2ccccc2)CCCCC1. The van der Waals surface area contributed by atoms with E-state index >= 15 is 0 Å². The lowest BCUT2D eigenvalue weighted by Crippen LogP contribution is -2.60. The van der Waals surface area contributed by atoms with E-state index < -0.39 is 23.1 Å². The van der Waals surface area contributed by atoms with Crippen molar-refractivity contribution in [3.05, 3.63) is 71.8 Å². The summed E-state index contributed by atoms with van der Waals surface area (Å²) in [4.78, 5) is 50.7. The van der Waals surface area contributed by atoms with Crippen molar-refractivity contribution >= 4 is 23.9 Å². The minimum Gasteiger partial charge on any atom is -0.459 e. The number of hydrogen-bond acceptors (Lipinski definition) is 7. The molecule has 2 saturated carbocycles. The van der Waals surface area contributed by atoms with Gasteiger partial charge in [0, 0.05) is 13.0 Å². The summed E-state index contributed by atoms with van der Waals surface area (Å²) in [6, 6.07) is 18.7. The van der Waals surface area contributed by atoms with Crippen molar-refractivity contribution in [2.75, 3.05) is 6.54 Å². The zero-order chi connectivity index (χ0) is 30.5. The lowest BCUT2D eigenvalue weighted by molar-refractivity contribution is -0.154. The topological polar surface area (TPSA) is 128 Å². The summed E-state index contributed by atoms with van der Waals surface area (Å²) in [5.74, 6) is -0.822. The molecule has 0 radical (unpaired) electrons. The first-order valence-electron chi connectivity index (χ1n) is 15.7. The van der Waals surface area contributed by atoms with Crippen molar-refractivity contribution in [1.29, 1.82) is 0 Å². The van der Waals surface area contributed by atoms with Crippen LogP contribution in [0.1, 0.15) is 94.6 Å². The van der Waals surface area contributed by atoms with E-state index in [9.17, 15) is 19.2 Å². The van der Waals surface area contributed by atoms with E-state index in [0.717, 1.165) is 68.9 Å². The van der Waals surface area contributed by atoms with Crippen LogP contribution in [-0.2, 0) is 37.1 Å². The Hall–Kier alpha value is -3.72. The number of nitrogens with one attached hydrogen (secondary N) is 1. The molecule has 3 N–H and O–H groups in total. The molecule has 232 valence electrons. The quantitative estimate of drug-likeness (QED) is 0.404. The van der Waals surface area contributed by atoms with Gasteiger partial charge < -0.3 is 20.5 Å². The van der Waals surface area contributed by atoms with Crippen LogP contribution in [0.2, 0.25) is 0 Å². The Morgan fingerprint density at radius 1 is 0.698 bits per heavy atom. The van der Waals surface area contributed by atoms with Gasteiger partial charge in [-0.2, -0.15) is 0 Å². The summed E-state index contributed by atoms with van der Waals surface area (Å²) in [7, 11) is 0. The highest BCUT2D eigenvalue weighted by molar-refractivity contribution is 5.97. The lowest BCUT2D eigenvalue weighted by atomic mass is 9.81. The Morgan fingerprint density at radius 3 is 1.74 bits per heavy atom. The van der Waals surface area contributed by atoms with Gasteiger partial charge >= 0.3 is 18.0 Å². The number of carbonyl (C=O) groups is 4. The highest BCUT2D eigenvalue weighted by Crippen LogP contribution is 2.31. The molecule has 1 heterocycles. The Labute approximate surface area is 254 Å². The second-order valence-electron chi connectivity index (χ2n) is 11.9. The van der Waals surface area contributed by atoms with Gasteiger partial charge in [-0.25, -0.2) is 9.59 Å². The minimum atomic E-state index is -1.03. The van der Waals surface area contributed by atoms with Crippen molar-refractivity contribution in [2.24, 2.45) is 5.73 Å². The van der Waals surface area contributed by atoms with Crippen molar-refractivity contribution in [3.63, 3.8) is 0 Å². The Kier molecular flexibility index (Phi) is 11.7. The van der Waals surface area contributed by atoms with Crippen molar-refractivity contribution in [2.45, 2.75) is 108 Å². The highest BCUT2D eigenvalue weighted by Gasteiger charge is 2.44. The third kappa shape index (κ3) is 9.13. The molecule has 9 nitrogen and oxygen atoms in total. The van der Waals surface area contributed by atoms with E-state index in [4.69, 9.17) is 15.2 Å². The van der Waals surface area contributed by atoms with Crippen molar-refractivity contribution < 1.29 is 28.7 Å². The number of nitrogens with zero attached hydrogens (tertiary/aromatic N) is 1. The number of benzene rings is 2. The van der Waals surface area contributed by atoms with Crippen molar-refractivity contribution in [1.82, 2.24) is 10.2 Å². The van der Waals surface area contributed by atoms with Gasteiger partial charge in [-0.05, 0) is 49.7 Å². The van der Waals surface area contributed by atoms with E-state index in [1.165, 1.54) is 11.3 Å². The van der Waals surface area contributed by atoms with Gasteiger partial charge in [0.05, 0.1) is 0 Å². The van der Waals surface area contributed by atoms with Gasteiger partial charge in [-0.1, -0.05) is 99.2 Å². The summed E-state index contributed by atoms with van der Waals surface area (Å²) in [6.07, 6.45) is 10.6. The van der Waals surface area contributed by atoms with Crippen LogP contribution in [0.15, 0.2) is 60.7 Å². The molecule has 1 saturated heterocycles. The van der Waals surface area contributed by atoms with E-state index in [1.54, 1.807) is 0 Å². The number of amides is 3. The summed E-state index contributed by atoms with van der Waals surface area (Å²) >= 11 is 0. The molecule has 2 aromatic carbocycles. The number of piperidine rings is 1. The molecule has 3 amide bonds. The van der Waals surface area contributed by atoms with Crippen LogP contribution in [0, 0.1) is 0 Å². The second-order valence-corrected chi connectivity index (χ2v) is 11.9. The van der Waals surface area contributed by atoms with E-state index in [1.807, 2.05) is 60.7 Å². The zero-order valence-corrected chi connectivity index (χ0v) is 25.1. The molecule has 2 aromatic rings. The third-order valence-electron chi connectivity index (χ3n) is 8.59. The number of urea groups is 1. The predicted molar refractivity (Wildman–Crippen MR) is 162 cm³/mol. The molecule has 43 heavy (non-hydrogen) atoms. The maximum atomic E-state index is 12.9. The molecule has 0 bridgehead atoms. The molecular formula is C34H45N3O6. The first-order valence-corrected chi connectivity index (χ1v) is 15.7. The number of carbonyl (C=O) groups excluding carboxylic acids is 4.